The molecule has 0 spiro atoms. The highest BCUT2D eigenvalue weighted by molar-refractivity contribution is 5.70. The molecule has 2 aromatic rings. The summed E-state index contributed by atoms with van der Waals surface area (Å²) in [6, 6.07) is 5.88. The zero-order valence-electron chi connectivity index (χ0n) is 17.9. The maximum atomic E-state index is 12.9. The highest BCUT2D eigenvalue weighted by Crippen LogP contribution is 2.43. The summed E-state index contributed by atoms with van der Waals surface area (Å²) in [6.07, 6.45) is 3.61. The van der Waals surface area contributed by atoms with E-state index in [0.717, 1.165) is 35.6 Å². The highest BCUT2D eigenvalue weighted by atomic mass is 16.6. The number of carbonyl (C=O) groups is 1. The number of rotatable bonds is 2. The largest absolute Gasteiger partial charge is 0.506 e. The highest BCUT2D eigenvalue weighted by Gasteiger charge is 2.39. The Labute approximate surface area is 177 Å². The number of ether oxygens (including phenoxy) is 1. The maximum Gasteiger partial charge on any atom is 0.410 e. The van der Waals surface area contributed by atoms with Crippen LogP contribution in [0.3, 0.4) is 0 Å². The lowest BCUT2D eigenvalue weighted by molar-refractivity contribution is 0.0142. The second kappa shape index (κ2) is 7.01. The van der Waals surface area contributed by atoms with E-state index in [2.05, 4.69) is 11.4 Å². The number of aromatic nitrogens is 2. The Hall–Kier alpha value is -2.54. The molecular formula is C23H30N4O3. The van der Waals surface area contributed by atoms with Gasteiger partial charge in [-0.25, -0.2) is 9.48 Å². The molecule has 1 fully saturated rings. The first-order chi connectivity index (χ1) is 14.3. The number of carbonyl (C=O) groups excluding carboxylic acids is 1. The topological polar surface area (TPSA) is 79.6 Å². The predicted octanol–water partition coefficient (Wildman–Crippen LogP) is 3.44. The van der Waals surface area contributed by atoms with Gasteiger partial charge in [-0.1, -0.05) is 6.07 Å². The number of benzene rings is 1. The third kappa shape index (κ3) is 3.45. The minimum Gasteiger partial charge on any atom is -0.506 e. The Morgan fingerprint density at radius 3 is 2.77 bits per heavy atom. The first kappa shape index (κ1) is 19.4. The monoisotopic (exact) mass is 410 g/mol. The van der Waals surface area contributed by atoms with E-state index in [1.54, 1.807) is 0 Å². The molecule has 7 heteroatoms. The van der Waals surface area contributed by atoms with Crippen LogP contribution < -0.4 is 5.32 Å². The van der Waals surface area contributed by atoms with Gasteiger partial charge >= 0.3 is 6.09 Å². The van der Waals surface area contributed by atoms with Gasteiger partial charge in [0.25, 0.3) is 0 Å². The molecule has 1 saturated carbocycles. The SMILES string of the molecule is CC(C)(C)OC(=O)N1CCc2c3c(nn2-c2ccc(C4CC4)cc2O)CCNCC31. The van der Waals surface area contributed by atoms with Gasteiger partial charge in [-0.15, -0.1) is 0 Å². The summed E-state index contributed by atoms with van der Waals surface area (Å²) < 4.78 is 7.58. The number of aromatic hydroxyl groups is 1. The Kier molecular flexibility index (Phi) is 4.54. The quantitative estimate of drug-likeness (QED) is 0.793. The molecule has 1 aromatic carbocycles. The fourth-order valence-corrected chi connectivity index (χ4v) is 4.65. The standard InChI is InChI=1S/C23H30N4O3/c1-23(2,3)30-22(29)26-11-9-18-21-16(8-10-24-13-19(21)26)25-27(18)17-7-6-15(12-20(17)28)14-4-5-14/h6-7,12,14,19,24,28H,4-5,8-11,13H2,1-3H3. The van der Waals surface area contributed by atoms with Crippen molar-refractivity contribution in [3.63, 3.8) is 0 Å². The maximum absolute atomic E-state index is 12.9. The zero-order chi connectivity index (χ0) is 21.0. The first-order valence-corrected chi connectivity index (χ1v) is 11.0. The molecule has 1 atom stereocenters. The van der Waals surface area contributed by atoms with Crippen LogP contribution in [0.25, 0.3) is 5.69 Å². The smallest absolute Gasteiger partial charge is 0.410 e. The van der Waals surface area contributed by atoms with E-state index in [9.17, 15) is 9.90 Å². The van der Waals surface area contributed by atoms with Crippen molar-refractivity contribution in [2.24, 2.45) is 0 Å². The molecule has 3 aliphatic rings. The molecule has 1 amide bonds. The van der Waals surface area contributed by atoms with Gasteiger partial charge in [-0.2, -0.15) is 5.10 Å². The van der Waals surface area contributed by atoms with Crippen molar-refractivity contribution in [2.45, 2.75) is 64.0 Å². The summed E-state index contributed by atoms with van der Waals surface area (Å²) in [5, 5.41) is 19.1. The number of phenolic OH excluding ortho intramolecular Hbond substituents is 1. The fraction of sp³-hybridized carbons (Fsp3) is 0.565. The van der Waals surface area contributed by atoms with Crippen LogP contribution in [0.1, 0.15) is 68.1 Å². The molecule has 160 valence electrons. The summed E-state index contributed by atoms with van der Waals surface area (Å²) in [5.41, 5.74) is 4.60. The van der Waals surface area contributed by atoms with Crippen LogP contribution in [0.15, 0.2) is 18.2 Å². The van der Waals surface area contributed by atoms with Crippen molar-refractivity contribution < 1.29 is 14.6 Å². The number of nitrogens with one attached hydrogen (secondary N) is 1. The molecule has 30 heavy (non-hydrogen) atoms. The van der Waals surface area contributed by atoms with Crippen molar-refractivity contribution in [3.8, 4) is 11.4 Å². The number of phenols is 1. The van der Waals surface area contributed by atoms with E-state index < -0.39 is 5.60 Å². The first-order valence-electron chi connectivity index (χ1n) is 11.0. The van der Waals surface area contributed by atoms with Gasteiger partial charge in [-0.05, 0) is 57.2 Å². The molecular weight excluding hydrogens is 380 g/mol. The second-order valence-electron chi connectivity index (χ2n) is 9.63. The molecule has 0 bridgehead atoms. The Morgan fingerprint density at radius 1 is 1.27 bits per heavy atom. The van der Waals surface area contributed by atoms with Crippen LogP contribution in [0.4, 0.5) is 4.79 Å². The lowest BCUT2D eigenvalue weighted by atomic mass is 9.96. The van der Waals surface area contributed by atoms with Crippen LogP contribution in [0, 0.1) is 0 Å². The van der Waals surface area contributed by atoms with Crippen LogP contribution in [0.2, 0.25) is 0 Å². The summed E-state index contributed by atoms with van der Waals surface area (Å²) in [6.45, 7) is 7.74. The lowest BCUT2D eigenvalue weighted by Gasteiger charge is -2.36. The zero-order valence-corrected chi connectivity index (χ0v) is 17.9. The summed E-state index contributed by atoms with van der Waals surface area (Å²) >= 11 is 0. The number of hydrogen-bond acceptors (Lipinski definition) is 5. The lowest BCUT2D eigenvalue weighted by Crippen LogP contribution is -2.46. The molecule has 7 nitrogen and oxygen atoms in total. The average Bonchev–Trinajstić information content (AvgIpc) is 3.48. The summed E-state index contributed by atoms with van der Waals surface area (Å²) in [5.74, 6) is 0.869. The molecule has 0 saturated heterocycles. The molecule has 1 aromatic heterocycles. The van der Waals surface area contributed by atoms with Gasteiger partial charge in [0, 0.05) is 38.0 Å². The molecule has 1 unspecified atom stereocenters. The van der Waals surface area contributed by atoms with Crippen molar-refractivity contribution in [1.82, 2.24) is 20.0 Å². The molecule has 5 rings (SSSR count). The van der Waals surface area contributed by atoms with Crippen molar-refractivity contribution in [2.75, 3.05) is 19.6 Å². The summed E-state index contributed by atoms with van der Waals surface area (Å²) in [4.78, 5) is 14.7. The third-order valence-electron chi connectivity index (χ3n) is 6.18. The molecule has 0 radical (unpaired) electrons. The van der Waals surface area contributed by atoms with Gasteiger partial charge in [0.1, 0.15) is 17.0 Å². The Morgan fingerprint density at radius 2 is 2.07 bits per heavy atom. The van der Waals surface area contributed by atoms with Crippen LogP contribution >= 0.6 is 0 Å². The van der Waals surface area contributed by atoms with Crippen molar-refractivity contribution in [3.05, 3.63) is 40.7 Å². The van der Waals surface area contributed by atoms with Crippen molar-refractivity contribution in [1.29, 1.82) is 0 Å². The minimum absolute atomic E-state index is 0.109. The normalized spacial score (nSPS) is 21.2. The number of nitrogens with zero attached hydrogens (tertiary/aromatic N) is 3. The van der Waals surface area contributed by atoms with E-state index in [-0.39, 0.29) is 17.9 Å². The van der Waals surface area contributed by atoms with E-state index in [1.807, 2.05) is 42.5 Å². The van der Waals surface area contributed by atoms with E-state index in [1.165, 1.54) is 18.4 Å². The second-order valence-corrected chi connectivity index (χ2v) is 9.63. The van der Waals surface area contributed by atoms with Crippen molar-refractivity contribution >= 4 is 6.09 Å². The van der Waals surface area contributed by atoms with E-state index in [4.69, 9.17) is 9.84 Å². The number of hydrogen-bond donors (Lipinski definition) is 2. The fourth-order valence-electron chi connectivity index (χ4n) is 4.65. The van der Waals surface area contributed by atoms with Crippen LogP contribution in [-0.4, -0.2) is 51.1 Å². The van der Waals surface area contributed by atoms with Gasteiger partial charge in [0.2, 0.25) is 0 Å². The molecule has 2 aliphatic heterocycles. The minimum atomic E-state index is -0.530. The van der Waals surface area contributed by atoms with Gasteiger partial charge in [0.15, 0.2) is 0 Å². The van der Waals surface area contributed by atoms with Gasteiger partial charge < -0.3 is 15.2 Å². The van der Waals surface area contributed by atoms with Gasteiger partial charge in [-0.3, -0.25) is 4.90 Å². The third-order valence-corrected chi connectivity index (χ3v) is 6.18. The predicted molar refractivity (Wildman–Crippen MR) is 113 cm³/mol. The Bertz CT molecular complexity index is 987. The molecule has 1 aliphatic carbocycles. The number of amides is 1. The van der Waals surface area contributed by atoms with E-state index >= 15 is 0 Å². The molecule has 3 heterocycles. The van der Waals surface area contributed by atoms with E-state index in [0.29, 0.717) is 25.4 Å². The van der Waals surface area contributed by atoms with Crippen LogP contribution in [-0.2, 0) is 17.6 Å². The van der Waals surface area contributed by atoms with Gasteiger partial charge in [0.05, 0.1) is 17.4 Å². The van der Waals surface area contributed by atoms with Crippen LogP contribution in [0.5, 0.6) is 5.75 Å². The molecule has 2 N–H and O–H groups in total. The summed E-state index contributed by atoms with van der Waals surface area (Å²) in [7, 11) is 0. The average molecular weight is 411 g/mol. The Balaban J connectivity index is 1.53.